The van der Waals surface area contributed by atoms with Crippen molar-refractivity contribution in [2.24, 2.45) is 10.2 Å². The molecule has 25 heavy (non-hydrogen) atoms. The second-order valence-corrected chi connectivity index (χ2v) is 7.31. The maximum atomic E-state index is 12.2. The summed E-state index contributed by atoms with van der Waals surface area (Å²) >= 11 is 0. The minimum atomic E-state index is -3.98. The summed E-state index contributed by atoms with van der Waals surface area (Å²) in [5.74, 6) is 2.10. The van der Waals surface area contributed by atoms with Crippen LogP contribution in [0.5, 0.6) is 0 Å². The smallest absolute Gasteiger partial charge is 0.333 e. The third-order valence-electron chi connectivity index (χ3n) is 3.87. The minimum Gasteiger partial charge on any atom is -0.352 e. The maximum absolute atomic E-state index is 12.2. The van der Waals surface area contributed by atoms with Crippen LogP contribution in [0.2, 0.25) is 0 Å². The first-order valence-corrected chi connectivity index (χ1v) is 8.97. The van der Waals surface area contributed by atoms with Crippen LogP contribution < -0.4 is 15.4 Å². The number of carbonyl (C=O) groups is 2. The molecule has 2 aliphatic rings. The van der Waals surface area contributed by atoms with Gasteiger partial charge in [0.2, 0.25) is 0 Å². The van der Waals surface area contributed by atoms with Gasteiger partial charge in [-0.2, -0.15) is 10.2 Å². The molecule has 0 unspecified atom stereocenters. The monoisotopic (exact) mass is 361 g/mol. The Kier molecular flexibility index (Phi) is 4.18. The Balaban J connectivity index is 1.64. The molecule has 0 fully saturated rings. The molecule has 1 aromatic carbocycles. The molecule has 130 valence electrons. The summed E-state index contributed by atoms with van der Waals surface area (Å²) in [6, 6.07) is 3.20. The normalized spacial score (nSPS) is 18.3. The summed E-state index contributed by atoms with van der Waals surface area (Å²) in [6.07, 6.45) is 6.95. The molecule has 2 heterocycles. The Labute approximate surface area is 144 Å². The highest BCUT2D eigenvalue weighted by Crippen LogP contribution is 2.36. The average Bonchev–Trinajstić information content (AvgIpc) is 3.32. The number of rotatable bonds is 6. The van der Waals surface area contributed by atoms with Gasteiger partial charge in [-0.25, -0.2) is 17.9 Å². The molecule has 0 spiro atoms. The summed E-state index contributed by atoms with van der Waals surface area (Å²) in [4.78, 5) is 23.3. The van der Waals surface area contributed by atoms with Crippen molar-refractivity contribution in [2.45, 2.75) is 29.8 Å². The van der Waals surface area contributed by atoms with Crippen molar-refractivity contribution in [1.82, 2.24) is 10.0 Å². The molecule has 3 amide bonds. The lowest BCUT2D eigenvalue weighted by Crippen LogP contribution is -2.39. The molecule has 2 aliphatic heterocycles. The Morgan fingerprint density at radius 2 is 2.08 bits per heavy atom. The van der Waals surface area contributed by atoms with Gasteiger partial charge in [0.1, 0.15) is 4.90 Å². The molecule has 0 atom stereocenters. The largest absolute Gasteiger partial charge is 0.352 e. The molecule has 0 aliphatic carbocycles. The SMILES string of the molecule is C#CCCC1(CCNC(=O)c2ccc3c(c2)S(=O)(=O)NC(=O)N3)N=N1. The van der Waals surface area contributed by atoms with Gasteiger partial charge >= 0.3 is 6.03 Å². The quantitative estimate of drug-likeness (QED) is 0.658. The first kappa shape index (κ1) is 16.9. The maximum Gasteiger partial charge on any atom is 0.333 e. The van der Waals surface area contributed by atoms with Crippen LogP contribution >= 0.6 is 0 Å². The van der Waals surface area contributed by atoms with Crippen molar-refractivity contribution < 1.29 is 18.0 Å². The van der Waals surface area contributed by atoms with E-state index in [1.54, 1.807) is 0 Å². The van der Waals surface area contributed by atoms with E-state index in [-0.39, 0.29) is 16.1 Å². The van der Waals surface area contributed by atoms with Gasteiger partial charge in [-0.3, -0.25) is 4.79 Å². The van der Waals surface area contributed by atoms with Crippen molar-refractivity contribution in [2.75, 3.05) is 11.9 Å². The van der Waals surface area contributed by atoms with Gasteiger partial charge in [0.25, 0.3) is 15.9 Å². The predicted molar refractivity (Wildman–Crippen MR) is 88.4 cm³/mol. The highest BCUT2D eigenvalue weighted by Gasteiger charge is 2.38. The Morgan fingerprint density at radius 3 is 2.76 bits per heavy atom. The van der Waals surface area contributed by atoms with Gasteiger partial charge in [0.15, 0.2) is 5.66 Å². The molecule has 3 N–H and O–H groups in total. The molecule has 0 radical (unpaired) electrons. The number of carbonyl (C=O) groups excluding carboxylic acids is 2. The fraction of sp³-hybridized carbons (Fsp3) is 0.333. The van der Waals surface area contributed by atoms with Crippen LogP contribution in [0.15, 0.2) is 33.3 Å². The summed E-state index contributed by atoms with van der Waals surface area (Å²) in [7, 11) is -3.98. The Morgan fingerprint density at radius 1 is 1.32 bits per heavy atom. The summed E-state index contributed by atoms with van der Waals surface area (Å²) in [5, 5.41) is 13.0. The number of nitrogens with zero attached hydrogens (tertiary/aromatic N) is 2. The van der Waals surface area contributed by atoms with Crippen LogP contribution in [-0.2, 0) is 10.0 Å². The van der Waals surface area contributed by atoms with Gasteiger partial charge in [-0.05, 0) is 18.2 Å². The lowest BCUT2D eigenvalue weighted by atomic mass is 10.0. The number of amides is 3. The Bertz CT molecular complexity index is 910. The number of anilines is 1. The first-order valence-electron chi connectivity index (χ1n) is 7.49. The van der Waals surface area contributed by atoms with E-state index in [0.29, 0.717) is 25.8 Å². The fourth-order valence-corrected chi connectivity index (χ4v) is 3.56. The third-order valence-corrected chi connectivity index (χ3v) is 5.24. The van der Waals surface area contributed by atoms with E-state index in [9.17, 15) is 18.0 Å². The van der Waals surface area contributed by atoms with E-state index in [1.807, 2.05) is 4.72 Å². The van der Waals surface area contributed by atoms with Gasteiger partial charge < -0.3 is 10.6 Å². The van der Waals surface area contributed by atoms with Crippen LogP contribution in [0, 0.1) is 12.3 Å². The lowest BCUT2D eigenvalue weighted by molar-refractivity contribution is 0.0951. The predicted octanol–water partition coefficient (Wildman–Crippen LogP) is 1.21. The number of hydrogen-bond donors (Lipinski definition) is 3. The Hall–Kier alpha value is -2.93. The number of fused-ring (bicyclic) bond motifs is 1. The second-order valence-electron chi connectivity index (χ2n) is 5.66. The van der Waals surface area contributed by atoms with Crippen LogP contribution in [-0.4, -0.2) is 32.6 Å². The molecule has 0 bridgehead atoms. The summed E-state index contributed by atoms with van der Waals surface area (Å²) in [6.45, 7) is 0.329. The van der Waals surface area contributed by atoms with E-state index in [1.165, 1.54) is 18.2 Å². The van der Waals surface area contributed by atoms with Gasteiger partial charge in [-0.15, -0.1) is 12.3 Å². The number of sulfonamides is 1. The number of benzene rings is 1. The van der Waals surface area contributed by atoms with E-state index < -0.39 is 27.6 Å². The van der Waals surface area contributed by atoms with Gasteiger partial charge in [0.05, 0.1) is 5.69 Å². The number of urea groups is 1. The highest BCUT2D eigenvalue weighted by molar-refractivity contribution is 7.90. The van der Waals surface area contributed by atoms with Crippen molar-refractivity contribution in [3.63, 3.8) is 0 Å². The number of hydrogen-bond acceptors (Lipinski definition) is 6. The van der Waals surface area contributed by atoms with E-state index in [2.05, 4.69) is 26.8 Å². The zero-order valence-electron chi connectivity index (χ0n) is 13.1. The van der Waals surface area contributed by atoms with Crippen LogP contribution in [0.3, 0.4) is 0 Å². The lowest BCUT2D eigenvalue weighted by Gasteiger charge is -2.18. The van der Waals surface area contributed by atoms with E-state index in [4.69, 9.17) is 6.42 Å². The van der Waals surface area contributed by atoms with Crippen molar-refractivity contribution in [3.05, 3.63) is 23.8 Å². The van der Waals surface area contributed by atoms with Gasteiger partial charge in [-0.1, -0.05) is 0 Å². The molecule has 3 rings (SSSR count). The van der Waals surface area contributed by atoms with E-state index in [0.717, 1.165) is 0 Å². The van der Waals surface area contributed by atoms with Crippen LogP contribution in [0.1, 0.15) is 29.6 Å². The van der Waals surface area contributed by atoms with Gasteiger partial charge in [0, 0.05) is 31.4 Å². The van der Waals surface area contributed by atoms with Crippen LogP contribution in [0.4, 0.5) is 10.5 Å². The molecular weight excluding hydrogens is 346 g/mol. The standard InChI is InChI=1S/C15H15N5O4S/c1-2-3-6-15(19-20-15)7-8-16-13(21)10-4-5-11-12(9-10)25(23,24)18-14(22)17-11/h1,4-5,9H,3,6-8H2,(H,16,21)(H2,17,18,22). The van der Waals surface area contributed by atoms with Crippen LogP contribution in [0.25, 0.3) is 0 Å². The first-order chi connectivity index (χ1) is 11.9. The third kappa shape index (κ3) is 3.61. The molecule has 10 heteroatoms. The zero-order chi connectivity index (χ0) is 18.1. The minimum absolute atomic E-state index is 0.129. The molecule has 0 aromatic heterocycles. The fourth-order valence-electron chi connectivity index (χ4n) is 2.46. The summed E-state index contributed by atoms with van der Waals surface area (Å²) in [5.41, 5.74) is -0.195. The molecule has 0 saturated carbocycles. The molecular formula is C15H15N5O4S. The highest BCUT2D eigenvalue weighted by atomic mass is 32.2. The molecule has 0 saturated heterocycles. The van der Waals surface area contributed by atoms with Crippen molar-refractivity contribution >= 4 is 27.6 Å². The number of terminal acetylenes is 1. The molecule has 9 nitrogen and oxygen atoms in total. The molecule has 1 aromatic rings. The second kappa shape index (κ2) is 6.18. The number of nitrogens with one attached hydrogen (secondary N) is 3. The van der Waals surface area contributed by atoms with Crippen molar-refractivity contribution in [1.29, 1.82) is 0 Å². The average molecular weight is 361 g/mol. The summed E-state index contributed by atoms with van der Waals surface area (Å²) < 4.78 is 25.8. The van der Waals surface area contributed by atoms with E-state index >= 15 is 0 Å². The topological polar surface area (TPSA) is 129 Å². The van der Waals surface area contributed by atoms with Crippen molar-refractivity contribution in [3.8, 4) is 12.3 Å². The zero-order valence-corrected chi connectivity index (χ0v) is 13.9.